The number of carboxylic acids is 1. The lowest BCUT2D eigenvalue weighted by molar-refractivity contribution is -0.553. The molecule has 0 saturated heterocycles. The first-order valence-electron chi connectivity index (χ1n) is 3.37. The zero-order valence-corrected chi connectivity index (χ0v) is 6.69. The lowest BCUT2D eigenvalue weighted by Gasteiger charge is -2.01. The SMILES string of the molecule is NCCC=C(NN[N+](=O)[O-])C(=O)O. The van der Waals surface area contributed by atoms with Crippen LogP contribution in [0.2, 0.25) is 0 Å². The van der Waals surface area contributed by atoms with E-state index in [2.05, 4.69) is 0 Å². The fourth-order valence-corrected chi connectivity index (χ4v) is 0.525. The Kier molecular flexibility index (Phi) is 4.96. The Morgan fingerprint density at radius 1 is 1.69 bits per heavy atom. The zero-order chi connectivity index (χ0) is 10.3. The van der Waals surface area contributed by atoms with E-state index in [1.54, 1.807) is 0 Å². The number of carbonyl (C=O) groups is 1. The first-order chi connectivity index (χ1) is 6.07. The second-order valence-electron chi connectivity index (χ2n) is 1.99. The Hall–Kier alpha value is -1.83. The van der Waals surface area contributed by atoms with Gasteiger partial charge in [-0.25, -0.2) is 20.3 Å². The van der Waals surface area contributed by atoms with Crippen LogP contribution in [0.3, 0.4) is 0 Å². The zero-order valence-electron chi connectivity index (χ0n) is 6.69. The van der Waals surface area contributed by atoms with Crippen LogP contribution < -0.4 is 16.7 Å². The molecule has 0 aliphatic rings. The van der Waals surface area contributed by atoms with E-state index in [1.165, 1.54) is 11.6 Å². The maximum absolute atomic E-state index is 10.4. The third-order valence-corrected chi connectivity index (χ3v) is 1.03. The van der Waals surface area contributed by atoms with Crippen LogP contribution in [-0.2, 0) is 4.79 Å². The molecule has 0 aliphatic heterocycles. The number of nitrogens with zero attached hydrogens (tertiary/aromatic N) is 1. The second-order valence-corrected chi connectivity index (χ2v) is 1.99. The van der Waals surface area contributed by atoms with Crippen LogP contribution in [0, 0.1) is 10.1 Å². The molecule has 0 spiro atoms. The van der Waals surface area contributed by atoms with E-state index in [0.29, 0.717) is 6.42 Å². The van der Waals surface area contributed by atoms with Gasteiger partial charge in [-0.15, -0.1) is 0 Å². The summed E-state index contributed by atoms with van der Waals surface area (Å²) in [6.07, 6.45) is 1.58. The average molecular weight is 190 g/mol. The molecule has 0 aromatic carbocycles. The van der Waals surface area contributed by atoms with Crippen molar-refractivity contribution in [3.05, 3.63) is 21.9 Å². The van der Waals surface area contributed by atoms with Crippen molar-refractivity contribution in [3.63, 3.8) is 0 Å². The highest BCUT2D eigenvalue weighted by Crippen LogP contribution is 1.89. The van der Waals surface area contributed by atoms with Crippen LogP contribution in [0.1, 0.15) is 6.42 Å². The van der Waals surface area contributed by atoms with Crippen LogP contribution in [0.5, 0.6) is 0 Å². The topological polar surface area (TPSA) is 131 Å². The molecule has 13 heavy (non-hydrogen) atoms. The summed E-state index contributed by atoms with van der Waals surface area (Å²) in [6, 6.07) is 0. The standard InChI is InChI=1S/C5H10N4O4/c6-3-1-2-4(5(10)11)7-8-9(12)13/h2,7-8H,1,3,6H2,(H,10,11). The highest BCUT2D eigenvalue weighted by molar-refractivity contribution is 5.85. The molecule has 0 aromatic heterocycles. The Balaban J connectivity index is 4.10. The van der Waals surface area contributed by atoms with Crippen molar-refractivity contribution in [3.8, 4) is 0 Å². The summed E-state index contributed by atoms with van der Waals surface area (Å²) in [5.74, 6) is -1.29. The molecule has 0 aromatic rings. The van der Waals surface area contributed by atoms with Crippen LogP contribution >= 0.6 is 0 Å². The Labute approximate surface area is 73.5 Å². The first-order valence-corrected chi connectivity index (χ1v) is 3.37. The summed E-state index contributed by atoms with van der Waals surface area (Å²) in [6.45, 7) is 0.275. The predicted octanol–water partition coefficient (Wildman–Crippen LogP) is -1.41. The predicted molar refractivity (Wildman–Crippen MR) is 42.7 cm³/mol. The number of hydrazine groups is 2. The quantitative estimate of drug-likeness (QED) is 0.230. The highest BCUT2D eigenvalue weighted by Gasteiger charge is 2.07. The smallest absolute Gasteiger partial charge is 0.353 e. The molecule has 8 heteroatoms. The number of hydrogen-bond acceptors (Lipinski definition) is 5. The third kappa shape index (κ3) is 5.44. The van der Waals surface area contributed by atoms with Gasteiger partial charge in [0.1, 0.15) is 5.70 Å². The van der Waals surface area contributed by atoms with E-state index in [9.17, 15) is 14.9 Å². The molecule has 0 rings (SSSR count). The van der Waals surface area contributed by atoms with Gasteiger partial charge in [-0.1, -0.05) is 6.08 Å². The lowest BCUT2D eigenvalue weighted by atomic mass is 10.3. The molecule has 0 fully saturated rings. The molecule has 0 aliphatic carbocycles. The maximum Gasteiger partial charge on any atom is 0.353 e. The minimum Gasteiger partial charge on any atom is -0.477 e. The second kappa shape index (κ2) is 5.77. The summed E-state index contributed by atoms with van der Waals surface area (Å²) in [5.41, 5.74) is 8.24. The van der Waals surface area contributed by atoms with E-state index in [4.69, 9.17) is 10.8 Å². The normalized spacial score (nSPS) is 10.7. The minimum atomic E-state index is -1.29. The van der Waals surface area contributed by atoms with Crippen molar-refractivity contribution in [1.29, 1.82) is 0 Å². The number of nitrogens with two attached hydrogens (primary N) is 1. The van der Waals surface area contributed by atoms with Crippen molar-refractivity contribution in [1.82, 2.24) is 11.0 Å². The lowest BCUT2D eigenvalue weighted by Crippen LogP contribution is -2.38. The van der Waals surface area contributed by atoms with Crippen LogP contribution in [0.15, 0.2) is 11.8 Å². The van der Waals surface area contributed by atoms with E-state index < -0.39 is 11.0 Å². The van der Waals surface area contributed by atoms with Gasteiger partial charge in [0.2, 0.25) is 0 Å². The molecule has 0 amide bonds. The van der Waals surface area contributed by atoms with Gasteiger partial charge in [-0.05, 0) is 18.5 Å². The maximum atomic E-state index is 10.4. The molecule has 0 heterocycles. The number of aliphatic carboxylic acids is 1. The van der Waals surface area contributed by atoms with Crippen molar-refractivity contribution < 1.29 is 14.9 Å². The van der Waals surface area contributed by atoms with Gasteiger partial charge in [-0.2, -0.15) is 0 Å². The van der Waals surface area contributed by atoms with Gasteiger partial charge in [0.15, 0.2) is 5.03 Å². The Morgan fingerprint density at radius 3 is 2.69 bits per heavy atom. The van der Waals surface area contributed by atoms with Crippen molar-refractivity contribution in [2.75, 3.05) is 6.54 Å². The van der Waals surface area contributed by atoms with Crippen molar-refractivity contribution in [2.24, 2.45) is 5.73 Å². The number of nitro groups is 1. The Morgan fingerprint density at radius 2 is 2.31 bits per heavy atom. The van der Waals surface area contributed by atoms with Crippen LogP contribution in [0.4, 0.5) is 0 Å². The number of carboxylic acid groups (broad SMARTS) is 1. The number of nitrogens with one attached hydrogen (secondary N) is 2. The first kappa shape index (κ1) is 11.2. The largest absolute Gasteiger partial charge is 0.477 e. The third-order valence-electron chi connectivity index (χ3n) is 1.03. The van der Waals surface area contributed by atoms with Gasteiger partial charge in [0.25, 0.3) is 0 Å². The minimum absolute atomic E-state index is 0.275. The van der Waals surface area contributed by atoms with Gasteiger partial charge < -0.3 is 10.8 Å². The average Bonchev–Trinajstić information content (AvgIpc) is 2.03. The van der Waals surface area contributed by atoms with Gasteiger partial charge in [-0.3, -0.25) is 0 Å². The monoisotopic (exact) mass is 190 g/mol. The van der Waals surface area contributed by atoms with Crippen LogP contribution in [-0.4, -0.2) is 22.7 Å². The summed E-state index contributed by atoms with van der Waals surface area (Å²) >= 11 is 0. The highest BCUT2D eigenvalue weighted by atomic mass is 16.7. The molecule has 0 saturated carbocycles. The van der Waals surface area contributed by atoms with Crippen molar-refractivity contribution >= 4 is 5.97 Å². The fraction of sp³-hybridized carbons (Fsp3) is 0.400. The van der Waals surface area contributed by atoms with E-state index in [-0.39, 0.29) is 12.2 Å². The molecule has 0 atom stereocenters. The summed E-state index contributed by atoms with van der Waals surface area (Å²) in [4.78, 5) is 20.2. The van der Waals surface area contributed by atoms with E-state index in [0.717, 1.165) is 0 Å². The van der Waals surface area contributed by atoms with Gasteiger partial charge in [0.05, 0.1) is 0 Å². The van der Waals surface area contributed by atoms with Crippen molar-refractivity contribution in [2.45, 2.75) is 6.42 Å². The molecular formula is C5H10N4O4. The molecule has 0 radical (unpaired) electrons. The summed E-state index contributed by atoms with van der Waals surface area (Å²) in [5, 5.41) is 17.4. The summed E-state index contributed by atoms with van der Waals surface area (Å²) in [7, 11) is 0. The number of rotatable bonds is 6. The fourth-order valence-electron chi connectivity index (χ4n) is 0.525. The van der Waals surface area contributed by atoms with Gasteiger partial charge in [0, 0.05) is 0 Å². The summed E-state index contributed by atoms with van der Waals surface area (Å²) < 4.78 is 0. The molecule has 0 bridgehead atoms. The van der Waals surface area contributed by atoms with E-state index >= 15 is 0 Å². The molecular weight excluding hydrogens is 180 g/mol. The van der Waals surface area contributed by atoms with E-state index in [1.807, 2.05) is 5.43 Å². The van der Waals surface area contributed by atoms with Crippen LogP contribution in [0.25, 0.3) is 0 Å². The molecule has 5 N–H and O–H groups in total. The molecule has 74 valence electrons. The molecule has 8 nitrogen and oxygen atoms in total. The molecule has 0 unspecified atom stereocenters. The number of hydrogen-bond donors (Lipinski definition) is 4. The Bertz CT molecular complexity index is 227. The van der Waals surface area contributed by atoms with Gasteiger partial charge >= 0.3 is 5.97 Å².